The average molecular weight is 329 g/mol. The van der Waals surface area contributed by atoms with Gasteiger partial charge in [0.1, 0.15) is 17.5 Å². The van der Waals surface area contributed by atoms with Crippen molar-refractivity contribution in [3.05, 3.63) is 36.2 Å². The Hall–Kier alpha value is -3.08. The second kappa shape index (κ2) is 8.53. The maximum Gasteiger partial charge on any atom is 0.305 e. The Kier molecular flexibility index (Phi) is 6.14. The number of pyridine rings is 1. The first kappa shape index (κ1) is 17.3. The van der Waals surface area contributed by atoms with Crippen LogP contribution in [0.2, 0.25) is 0 Å². The number of hydrogen-bond acceptors (Lipinski definition) is 6. The van der Waals surface area contributed by atoms with E-state index < -0.39 is 11.9 Å². The van der Waals surface area contributed by atoms with Gasteiger partial charge >= 0.3 is 5.97 Å². The summed E-state index contributed by atoms with van der Waals surface area (Å²) in [7, 11) is 0. The molecule has 0 spiro atoms. The van der Waals surface area contributed by atoms with Crippen molar-refractivity contribution in [3.63, 3.8) is 0 Å². The number of nitrogens with zero attached hydrogens (tertiary/aromatic N) is 4. The second-order valence-electron chi connectivity index (χ2n) is 5.27. The van der Waals surface area contributed by atoms with Crippen LogP contribution in [-0.4, -0.2) is 59.6 Å². The van der Waals surface area contributed by atoms with Crippen LogP contribution in [0.4, 0.5) is 5.82 Å². The molecule has 1 amide bonds. The van der Waals surface area contributed by atoms with E-state index in [9.17, 15) is 9.59 Å². The SMILES string of the molecule is N#C/C(=C/N1CCN(c2ccccn2)CC1)C(=O)NCCC(=O)O. The van der Waals surface area contributed by atoms with Crippen LogP contribution in [0.15, 0.2) is 36.2 Å². The molecular weight excluding hydrogens is 310 g/mol. The van der Waals surface area contributed by atoms with Gasteiger partial charge in [-0.25, -0.2) is 4.98 Å². The first-order chi connectivity index (χ1) is 11.6. The van der Waals surface area contributed by atoms with Crippen molar-refractivity contribution in [1.29, 1.82) is 5.26 Å². The van der Waals surface area contributed by atoms with E-state index in [1.807, 2.05) is 29.2 Å². The Morgan fingerprint density at radius 3 is 2.67 bits per heavy atom. The number of anilines is 1. The molecule has 0 saturated carbocycles. The predicted octanol–water partition coefficient (Wildman–Crippen LogP) is 0.202. The van der Waals surface area contributed by atoms with E-state index in [-0.39, 0.29) is 18.5 Å². The fourth-order valence-corrected chi connectivity index (χ4v) is 2.32. The first-order valence-electron chi connectivity index (χ1n) is 7.62. The predicted molar refractivity (Wildman–Crippen MR) is 87.0 cm³/mol. The highest BCUT2D eigenvalue weighted by atomic mass is 16.4. The molecule has 1 aromatic heterocycles. The van der Waals surface area contributed by atoms with Crippen molar-refractivity contribution in [1.82, 2.24) is 15.2 Å². The Labute approximate surface area is 140 Å². The summed E-state index contributed by atoms with van der Waals surface area (Å²) in [5.74, 6) is -0.637. The zero-order valence-electron chi connectivity index (χ0n) is 13.2. The quantitative estimate of drug-likeness (QED) is 0.567. The number of rotatable bonds is 6. The Balaban J connectivity index is 1.87. The summed E-state index contributed by atoms with van der Waals surface area (Å²) in [6, 6.07) is 7.61. The van der Waals surface area contributed by atoms with E-state index in [4.69, 9.17) is 10.4 Å². The summed E-state index contributed by atoms with van der Waals surface area (Å²) >= 11 is 0. The first-order valence-corrected chi connectivity index (χ1v) is 7.62. The molecule has 8 nitrogen and oxygen atoms in total. The van der Waals surface area contributed by atoms with Crippen LogP contribution in [-0.2, 0) is 9.59 Å². The molecule has 2 N–H and O–H groups in total. The van der Waals surface area contributed by atoms with Gasteiger partial charge in [-0.05, 0) is 12.1 Å². The van der Waals surface area contributed by atoms with Crippen molar-refractivity contribution in [3.8, 4) is 6.07 Å². The summed E-state index contributed by atoms with van der Waals surface area (Å²) in [5.41, 5.74) is -0.0216. The van der Waals surface area contributed by atoms with Crippen LogP contribution in [0.1, 0.15) is 6.42 Å². The number of piperazine rings is 1. The molecule has 1 aliphatic rings. The van der Waals surface area contributed by atoms with Gasteiger partial charge < -0.3 is 20.2 Å². The number of nitriles is 1. The zero-order chi connectivity index (χ0) is 17.4. The number of carbonyl (C=O) groups is 2. The van der Waals surface area contributed by atoms with Gasteiger partial charge in [0.2, 0.25) is 0 Å². The second-order valence-corrected chi connectivity index (χ2v) is 5.27. The van der Waals surface area contributed by atoms with Crippen LogP contribution in [0, 0.1) is 11.3 Å². The van der Waals surface area contributed by atoms with Gasteiger partial charge in [-0.1, -0.05) is 6.07 Å². The van der Waals surface area contributed by atoms with Crippen molar-refractivity contribution in [2.24, 2.45) is 0 Å². The van der Waals surface area contributed by atoms with Gasteiger partial charge in [-0.2, -0.15) is 5.26 Å². The van der Waals surface area contributed by atoms with Gasteiger partial charge in [0.25, 0.3) is 5.91 Å². The summed E-state index contributed by atoms with van der Waals surface area (Å²) in [6.07, 6.45) is 3.11. The van der Waals surface area contributed by atoms with Crippen LogP contribution < -0.4 is 10.2 Å². The summed E-state index contributed by atoms with van der Waals surface area (Å²) in [5, 5.41) is 20.1. The van der Waals surface area contributed by atoms with Crippen molar-refractivity contribution >= 4 is 17.7 Å². The molecule has 0 atom stereocenters. The molecule has 1 aromatic rings. The lowest BCUT2D eigenvalue weighted by Crippen LogP contribution is -2.44. The Morgan fingerprint density at radius 2 is 2.08 bits per heavy atom. The van der Waals surface area contributed by atoms with Crippen LogP contribution in [0.5, 0.6) is 0 Å². The number of hydrogen-bond donors (Lipinski definition) is 2. The minimum Gasteiger partial charge on any atom is -0.481 e. The standard InChI is InChI=1S/C16H19N5O3/c17-11-13(16(24)19-6-4-15(22)23)12-20-7-9-21(10-8-20)14-3-1-2-5-18-14/h1-3,5,12H,4,6-10H2,(H,19,24)(H,22,23)/b13-12-. The number of carboxylic acids is 1. The third-order valence-electron chi connectivity index (χ3n) is 3.59. The van der Waals surface area contributed by atoms with Gasteiger partial charge in [-0.3, -0.25) is 9.59 Å². The summed E-state index contributed by atoms with van der Waals surface area (Å²) in [6.45, 7) is 2.83. The van der Waals surface area contributed by atoms with Gasteiger partial charge in [0, 0.05) is 45.1 Å². The van der Waals surface area contributed by atoms with Crippen LogP contribution in [0.25, 0.3) is 0 Å². The molecule has 2 heterocycles. The summed E-state index contributed by atoms with van der Waals surface area (Å²) < 4.78 is 0. The Bertz CT molecular complexity index is 645. The molecule has 8 heteroatoms. The number of carbonyl (C=O) groups excluding carboxylic acids is 1. The van der Waals surface area contributed by atoms with Crippen molar-refractivity contribution in [2.75, 3.05) is 37.6 Å². The van der Waals surface area contributed by atoms with E-state index >= 15 is 0 Å². The molecule has 1 saturated heterocycles. The molecule has 24 heavy (non-hydrogen) atoms. The van der Waals surface area contributed by atoms with Crippen LogP contribution >= 0.6 is 0 Å². The maximum absolute atomic E-state index is 11.9. The molecule has 0 unspecified atom stereocenters. The summed E-state index contributed by atoms with van der Waals surface area (Å²) in [4.78, 5) is 30.7. The monoisotopic (exact) mass is 329 g/mol. The fraction of sp³-hybridized carbons (Fsp3) is 0.375. The number of amides is 1. The lowest BCUT2D eigenvalue weighted by Gasteiger charge is -2.34. The number of nitrogens with one attached hydrogen (secondary N) is 1. The highest BCUT2D eigenvalue weighted by Gasteiger charge is 2.18. The largest absolute Gasteiger partial charge is 0.481 e. The fourth-order valence-electron chi connectivity index (χ4n) is 2.32. The molecule has 0 aliphatic carbocycles. The molecule has 0 bridgehead atoms. The molecule has 0 aromatic carbocycles. The van der Waals surface area contributed by atoms with Gasteiger partial charge in [0.05, 0.1) is 6.42 Å². The highest BCUT2D eigenvalue weighted by molar-refractivity contribution is 5.97. The molecular formula is C16H19N5O3. The third kappa shape index (κ3) is 4.98. The molecule has 2 rings (SSSR count). The van der Waals surface area contributed by atoms with Crippen molar-refractivity contribution in [2.45, 2.75) is 6.42 Å². The van der Waals surface area contributed by atoms with E-state index in [0.717, 1.165) is 18.9 Å². The van der Waals surface area contributed by atoms with E-state index in [0.29, 0.717) is 13.1 Å². The van der Waals surface area contributed by atoms with Gasteiger partial charge in [-0.15, -0.1) is 0 Å². The average Bonchev–Trinajstić information content (AvgIpc) is 2.60. The van der Waals surface area contributed by atoms with E-state index in [2.05, 4.69) is 15.2 Å². The minimum absolute atomic E-state index is 0.000636. The van der Waals surface area contributed by atoms with Gasteiger partial charge in [0.15, 0.2) is 0 Å². The third-order valence-corrected chi connectivity index (χ3v) is 3.59. The highest BCUT2D eigenvalue weighted by Crippen LogP contribution is 2.13. The smallest absolute Gasteiger partial charge is 0.305 e. The van der Waals surface area contributed by atoms with Crippen LogP contribution in [0.3, 0.4) is 0 Å². The lowest BCUT2D eigenvalue weighted by molar-refractivity contribution is -0.136. The Morgan fingerprint density at radius 1 is 1.33 bits per heavy atom. The molecule has 1 aliphatic heterocycles. The lowest BCUT2D eigenvalue weighted by atomic mass is 10.2. The van der Waals surface area contributed by atoms with E-state index in [1.54, 1.807) is 6.20 Å². The molecule has 1 fully saturated rings. The normalized spacial score (nSPS) is 14.9. The topological polar surface area (TPSA) is 110 Å². The minimum atomic E-state index is -0.997. The number of aliphatic carboxylic acids is 1. The van der Waals surface area contributed by atoms with Crippen molar-refractivity contribution < 1.29 is 14.7 Å². The molecule has 0 radical (unpaired) electrons. The zero-order valence-corrected chi connectivity index (χ0v) is 13.2. The van der Waals surface area contributed by atoms with E-state index in [1.165, 1.54) is 6.20 Å². The molecule has 126 valence electrons. The number of aromatic nitrogens is 1. The number of carboxylic acid groups (broad SMARTS) is 1. The maximum atomic E-state index is 11.9.